The Bertz CT molecular complexity index is 1450. The van der Waals surface area contributed by atoms with E-state index in [0.29, 0.717) is 37.5 Å². The van der Waals surface area contributed by atoms with Crippen LogP contribution in [0.1, 0.15) is 55.8 Å². The molecule has 2 aromatic carbocycles. The second-order valence-corrected chi connectivity index (χ2v) is 11.9. The summed E-state index contributed by atoms with van der Waals surface area (Å²) in [6.45, 7) is 8.67. The van der Waals surface area contributed by atoms with Crippen LogP contribution >= 0.6 is 11.6 Å². The van der Waals surface area contributed by atoms with E-state index in [1.165, 1.54) is 12.5 Å². The van der Waals surface area contributed by atoms with Crippen LogP contribution < -0.4 is 14.4 Å². The Kier molecular flexibility index (Phi) is 7.79. The van der Waals surface area contributed by atoms with Crippen LogP contribution in [0.25, 0.3) is 10.8 Å². The number of benzene rings is 2. The van der Waals surface area contributed by atoms with Crippen molar-refractivity contribution in [1.29, 1.82) is 0 Å². The first kappa shape index (κ1) is 27.8. The van der Waals surface area contributed by atoms with Crippen LogP contribution in [0.2, 0.25) is 5.02 Å². The summed E-state index contributed by atoms with van der Waals surface area (Å²) in [5.41, 5.74) is 1.96. The lowest BCUT2D eigenvalue weighted by atomic mass is 9.90. The third-order valence-electron chi connectivity index (χ3n) is 9.00. The molecule has 216 valence electrons. The van der Waals surface area contributed by atoms with Crippen LogP contribution in [0.3, 0.4) is 0 Å². The Balaban J connectivity index is 1.38. The number of rotatable bonds is 6. The molecular formula is C32H38ClN5O3. The molecule has 3 aliphatic heterocycles. The van der Waals surface area contributed by atoms with E-state index >= 15 is 0 Å². The van der Waals surface area contributed by atoms with Crippen LogP contribution in [-0.2, 0) is 4.79 Å². The predicted octanol–water partition coefficient (Wildman–Crippen LogP) is 5.61. The Hall–Kier alpha value is -3.36. The van der Waals surface area contributed by atoms with E-state index < -0.39 is 0 Å². The first-order chi connectivity index (χ1) is 19.9. The average molecular weight is 576 g/mol. The minimum atomic E-state index is -0.182. The standard InChI is InChI=1S/C32H38ClN5O3/c1-5-26(39)38-17-14-22(15-18-38)28-30-31(35-32(34-28)40-19-23-11-8-16-36(23)3)37(4)29(20(2)41-30)24-12-6-9-21-10-7-13-25(33)27(21)24/h5-7,9-10,12-13,20,22-23,29H,1,8,11,14-19H2,2-4H3/t20-,23-,29?/m0/s1. The van der Waals surface area contributed by atoms with Crippen molar-refractivity contribution in [1.82, 2.24) is 19.8 Å². The van der Waals surface area contributed by atoms with Crippen LogP contribution in [-0.4, -0.2) is 78.2 Å². The van der Waals surface area contributed by atoms with Gasteiger partial charge in [-0.1, -0.05) is 48.5 Å². The molecule has 9 heteroatoms. The number of nitrogens with zero attached hydrogens (tertiary/aromatic N) is 5. The van der Waals surface area contributed by atoms with Crippen molar-refractivity contribution < 1.29 is 14.3 Å². The van der Waals surface area contributed by atoms with Crippen molar-refractivity contribution in [3.63, 3.8) is 0 Å². The summed E-state index contributed by atoms with van der Waals surface area (Å²) in [7, 11) is 4.20. The number of amides is 1. The van der Waals surface area contributed by atoms with Gasteiger partial charge < -0.3 is 24.2 Å². The summed E-state index contributed by atoms with van der Waals surface area (Å²) in [6, 6.07) is 12.9. The Morgan fingerprint density at radius 3 is 2.59 bits per heavy atom. The molecule has 2 saturated heterocycles. The van der Waals surface area contributed by atoms with E-state index in [1.807, 2.05) is 17.0 Å². The summed E-state index contributed by atoms with van der Waals surface area (Å²) in [6.07, 6.45) is 5.06. The van der Waals surface area contributed by atoms with E-state index in [0.717, 1.165) is 58.7 Å². The normalized spacial score (nSPS) is 23.4. The highest BCUT2D eigenvalue weighted by Gasteiger charge is 2.39. The third-order valence-corrected chi connectivity index (χ3v) is 9.32. The number of likely N-dealkylation sites (N-methyl/N-ethyl adjacent to an activating group) is 2. The molecule has 0 spiro atoms. The van der Waals surface area contributed by atoms with E-state index in [9.17, 15) is 4.79 Å². The summed E-state index contributed by atoms with van der Waals surface area (Å²) in [5.74, 6) is 1.53. The maximum absolute atomic E-state index is 12.2. The molecule has 8 nitrogen and oxygen atoms in total. The maximum Gasteiger partial charge on any atom is 0.318 e. The molecule has 3 atom stereocenters. The summed E-state index contributed by atoms with van der Waals surface area (Å²) < 4.78 is 13.0. The molecule has 4 heterocycles. The van der Waals surface area contributed by atoms with Crippen molar-refractivity contribution in [3.05, 3.63) is 65.3 Å². The number of halogens is 1. The Morgan fingerprint density at radius 2 is 1.88 bits per heavy atom. The molecule has 1 unspecified atom stereocenters. The monoisotopic (exact) mass is 575 g/mol. The average Bonchev–Trinajstić information content (AvgIpc) is 3.40. The molecule has 1 amide bonds. The van der Waals surface area contributed by atoms with Gasteiger partial charge in [-0.25, -0.2) is 0 Å². The van der Waals surface area contributed by atoms with Gasteiger partial charge in [-0.2, -0.15) is 9.97 Å². The number of ether oxygens (including phenoxy) is 2. The van der Waals surface area contributed by atoms with Crippen LogP contribution in [0.5, 0.6) is 11.8 Å². The summed E-state index contributed by atoms with van der Waals surface area (Å²) in [4.78, 5) is 28.5. The zero-order valence-corrected chi connectivity index (χ0v) is 24.8. The van der Waals surface area contributed by atoms with Gasteiger partial charge in [0.05, 0.1) is 11.7 Å². The van der Waals surface area contributed by atoms with Crippen LogP contribution in [0.4, 0.5) is 5.82 Å². The molecule has 6 rings (SSSR count). The number of anilines is 1. The molecule has 41 heavy (non-hydrogen) atoms. The molecule has 0 saturated carbocycles. The fourth-order valence-electron chi connectivity index (χ4n) is 6.72. The Morgan fingerprint density at radius 1 is 1.12 bits per heavy atom. The highest BCUT2D eigenvalue weighted by Crippen LogP contribution is 2.47. The quantitative estimate of drug-likeness (QED) is 0.354. The van der Waals surface area contributed by atoms with Gasteiger partial charge in [0.2, 0.25) is 5.91 Å². The fourth-order valence-corrected chi connectivity index (χ4v) is 7.01. The number of carbonyl (C=O) groups excluding carboxylic acids is 1. The number of piperidine rings is 1. The van der Waals surface area contributed by atoms with Gasteiger partial charge in [0.15, 0.2) is 11.6 Å². The molecular weight excluding hydrogens is 538 g/mol. The number of likely N-dealkylation sites (tertiary alicyclic amines) is 2. The lowest BCUT2D eigenvalue weighted by Crippen LogP contribution is -2.42. The van der Waals surface area contributed by atoms with Crippen molar-refractivity contribution in [2.24, 2.45) is 0 Å². The smallest absolute Gasteiger partial charge is 0.318 e. The van der Waals surface area contributed by atoms with Crippen molar-refractivity contribution in [2.45, 2.75) is 56.7 Å². The topological polar surface area (TPSA) is 71.0 Å². The second-order valence-electron chi connectivity index (χ2n) is 11.5. The van der Waals surface area contributed by atoms with Gasteiger partial charge in [0.25, 0.3) is 0 Å². The second kappa shape index (κ2) is 11.5. The largest absolute Gasteiger partial charge is 0.482 e. The molecule has 0 N–H and O–H groups in total. The van der Waals surface area contributed by atoms with Gasteiger partial charge in [0.1, 0.15) is 12.7 Å². The van der Waals surface area contributed by atoms with Crippen molar-refractivity contribution in [3.8, 4) is 11.8 Å². The van der Waals surface area contributed by atoms with Crippen LogP contribution in [0.15, 0.2) is 49.1 Å². The summed E-state index contributed by atoms with van der Waals surface area (Å²) in [5, 5.41) is 2.84. The highest BCUT2D eigenvalue weighted by atomic mass is 35.5. The lowest BCUT2D eigenvalue weighted by Gasteiger charge is -2.41. The minimum absolute atomic E-state index is 0.0286. The molecule has 3 aliphatic rings. The van der Waals surface area contributed by atoms with E-state index in [4.69, 9.17) is 31.0 Å². The van der Waals surface area contributed by atoms with Crippen molar-refractivity contribution in [2.75, 3.05) is 45.2 Å². The predicted molar refractivity (Wildman–Crippen MR) is 162 cm³/mol. The molecule has 0 radical (unpaired) electrons. The fraction of sp³-hybridized carbons (Fsp3) is 0.469. The van der Waals surface area contributed by atoms with E-state index in [-0.39, 0.29) is 24.0 Å². The van der Waals surface area contributed by atoms with Gasteiger partial charge in [0, 0.05) is 42.5 Å². The maximum atomic E-state index is 12.2. The molecule has 0 aliphatic carbocycles. The van der Waals surface area contributed by atoms with E-state index in [1.54, 1.807) is 0 Å². The zero-order chi connectivity index (χ0) is 28.7. The zero-order valence-electron chi connectivity index (χ0n) is 24.1. The molecule has 1 aromatic heterocycles. The van der Waals surface area contributed by atoms with Gasteiger partial charge in [-0.15, -0.1) is 0 Å². The molecule has 2 fully saturated rings. The molecule has 3 aromatic rings. The number of carbonyl (C=O) groups is 1. The molecule has 0 bridgehead atoms. The first-order valence-electron chi connectivity index (χ1n) is 14.6. The summed E-state index contributed by atoms with van der Waals surface area (Å²) >= 11 is 6.75. The van der Waals surface area contributed by atoms with Gasteiger partial charge in [-0.3, -0.25) is 4.79 Å². The minimum Gasteiger partial charge on any atom is -0.482 e. The highest BCUT2D eigenvalue weighted by molar-refractivity contribution is 6.35. The van der Waals surface area contributed by atoms with Crippen molar-refractivity contribution >= 4 is 34.1 Å². The van der Waals surface area contributed by atoms with E-state index in [2.05, 4.69) is 61.7 Å². The number of aromatic nitrogens is 2. The number of hydrogen-bond acceptors (Lipinski definition) is 7. The van der Waals surface area contributed by atoms with Crippen LogP contribution in [0, 0.1) is 0 Å². The first-order valence-corrected chi connectivity index (χ1v) is 15.0. The third kappa shape index (κ3) is 5.24. The SMILES string of the molecule is C=CC(=O)N1CCC(c2nc(OC[C@@H]3CCCN3C)nc3c2O[C@@H](C)C(c2cccc4cccc(Cl)c24)N3C)CC1. The van der Waals surface area contributed by atoms with Gasteiger partial charge in [-0.05, 0) is 69.3 Å². The van der Waals surface area contributed by atoms with Gasteiger partial charge >= 0.3 is 6.01 Å². The number of fused-ring (bicyclic) bond motifs is 2. The number of hydrogen-bond donors (Lipinski definition) is 0. The Labute approximate surface area is 246 Å². The lowest BCUT2D eigenvalue weighted by molar-refractivity contribution is -0.127.